The van der Waals surface area contributed by atoms with E-state index in [-0.39, 0.29) is 6.04 Å². The van der Waals surface area contributed by atoms with Crippen molar-refractivity contribution in [2.24, 2.45) is 11.7 Å². The van der Waals surface area contributed by atoms with Crippen molar-refractivity contribution in [3.8, 4) is 5.75 Å². The molecular formula is C22H26N2O4. The molecule has 1 unspecified atom stereocenters. The topological polar surface area (TPSA) is 92.9 Å². The van der Waals surface area contributed by atoms with Gasteiger partial charge in [0.1, 0.15) is 5.75 Å². The van der Waals surface area contributed by atoms with Crippen LogP contribution in [0.4, 0.5) is 4.79 Å². The van der Waals surface area contributed by atoms with Crippen LogP contribution in [0.2, 0.25) is 0 Å². The minimum Gasteiger partial charge on any atom is -0.481 e. The molecule has 0 bridgehead atoms. The molecule has 1 fully saturated rings. The van der Waals surface area contributed by atoms with Crippen molar-refractivity contribution >= 4 is 12.1 Å². The number of likely N-dealkylation sites (tertiary alicyclic amines) is 1. The number of nitrogens with two attached hydrogens (primary N) is 1. The molecule has 6 heteroatoms. The Hall–Kier alpha value is -2.86. The van der Waals surface area contributed by atoms with E-state index in [9.17, 15) is 14.7 Å². The van der Waals surface area contributed by atoms with Crippen LogP contribution in [0.5, 0.6) is 5.75 Å². The molecule has 0 aliphatic carbocycles. The van der Waals surface area contributed by atoms with Gasteiger partial charge in [0.05, 0.1) is 5.92 Å². The number of primary amides is 1. The van der Waals surface area contributed by atoms with E-state index >= 15 is 0 Å². The first kappa shape index (κ1) is 19.9. The second-order valence-electron chi connectivity index (χ2n) is 7.23. The third-order valence-electron chi connectivity index (χ3n) is 5.27. The summed E-state index contributed by atoms with van der Waals surface area (Å²) in [6, 6.07) is 17.0. The summed E-state index contributed by atoms with van der Waals surface area (Å²) in [6.07, 6.45) is 2.59. The second-order valence-corrected chi connectivity index (χ2v) is 7.23. The molecule has 0 aromatic heterocycles. The number of carbonyl (C=O) groups excluding carboxylic acids is 1. The molecule has 1 heterocycles. The number of hydrogen-bond acceptors (Lipinski definition) is 4. The van der Waals surface area contributed by atoms with E-state index in [4.69, 9.17) is 10.5 Å². The Balaban J connectivity index is 1.73. The summed E-state index contributed by atoms with van der Waals surface area (Å²) in [5.41, 5.74) is 7.11. The van der Waals surface area contributed by atoms with Crippen LogP contribution in [0.25, 0.3) is 0 Å². The fourth-order valence-electron chi connectivity index (χ4n) is 3.94. The first-order chi connectivity index (χ1) is 13.5. The monoisotopic (exact) mass is 382 g/mol. The van der Waals surface area contributed by atoms with Gasteiger partial charge in [0.15, 0.2) is 0 Å². The Morgan fingerprint density at radius 1 is 1.07 bits per heavy atom. The average Bonchev–Trinajstić information content (AvgIpc) is 2.68. The standard InChI is InChI=1S/C22H26N2O4/c23-22(27)28-18-11-9-16(10-12-18)14-19(21(25)26)20-8-4-5-13-24(20)15-17-6-2-1-3-7-17/h1-3,6-7,9-12,19-20H,4-5,8,13-15H2,(H2,23,27)(H,25,26)/t19-,20?/m0/s1. The zero-order valence-electron chi connectivity index (χ0n) is 15.8. The predicted molar refractivity (Wildman–Crippen MR) is 106 cm³/mol. The maximum absolute atomic E-state index is 12.1. The summed E-state index contributed by atoms with van der Waals surface area (Å²) in [6.45, 7) is 1.68. The number of nitrogens with zero attached hydrogens (tertiary/aromatic N) is 1. The summed E-state index contributed by atoms with van der Waals surface area (Å²) in [4.78, 5) is 25.2. The van der Waals surface area contributed by atoms with Gasteiger partial charge in [-0.1, -0.05) is 48.9 Å². The molecule has 28 heavy (non-hydrogen) atoms. The number of hydrogen-bond donors (Lipinski definition) is 2. The van der Waals surface area contributed by atoms with Gasteiger partial charge >= 0.3 is 12.1 Å². The van der Waals surface area contributed by atoms with Crippen molar-refractivity contribution in [2.45, 2.75) is 38.3 Å². The molecule has 1 amide bonds. The van der Waals surface area contributed by atoms with Crippen molar-refractivity contribution in [2.75, 3.05) is 6.54 Å². The van der Waals surface area contributed by atoms with Crippen LogP contribution in [-0.4, -0.2) is 34.7 Å². The molecule has 0 radical (unpaired) electrons. The lowest BCUT2D eigenvalue weighted by molar-refractivity contribution is -0.145. The van der Waals surface area contributed by atoms with Crippen LogP contribution in [0.3, 0.4) is 0 Å². The highest BCUT2D eigenvalue weighted by molar-refractivity contribution is 5.71. The summed E-state index contributed by atoms with van der Waals surface area (Å²) < 4.78 is 4.84. The normalized spacial score (nSPS) is 18.4. The molecule has 2 atom stereocenters. The van der Waals surface area contributed by atoms with Crippen LogP contribution < -0.4 is 10.5 Å². The molecule has 0 saturated carbocycles. The van der Waals surface area contributed by atoms with Gasteiger partial charge in [-0.15, -0.1) is 0 Å². The largest absolute Gasteiger partial charge is 0.481 e. The minimum atomic E-state index is -0.866. The Bertz CT molecular complexity index is 792. The number of piperidine rings is 1. The van der Waals surface area contributed by atoms with Crippen LogP contribution in [0.15, 0.2) is 54.6 Å². The fraction of sp³-hybridized carbons (Fsp3) is 0.364. The molecular weight excluding hydrogens is 356 g/mol. The molecule has 2 aromatic carbocycles. The van der Waals surface area contributed by atoms with Crippen molar-refractivity contribution in [3.63, 3.8) is 0 Å². The zero-order valence-corrected chi connectivity index (χ0v) is 15.8. The predicted octanol–water partition coefficient (Wildman–Crippen LogP) is 3.44. The van der Waals surface area contributed by atoms with Gasteiger partial charge < -0.3 is 15.6 Å². The molecule has 3 N–H and O–H groups in total. The van der Waals surface area contributed by atoms with Crippen LogP contribution in [0.1, 0.15) is 30.4 Å². The average molecular weight is 382 g/mol. The first-order valence-electron chi connectivity index (χ1n) is 9.60. The number of carboxylic acid groups (broad SMARTS) is 1. The third kappa shape index (κ3) is 5.33. The van der Waals surface area contributed by atoms with Gasteiger partial charge in [-0.3, -0.25) is 9.69 Å². The number of carboxylic acids is 1. The third-order valence-corrected chi connectivity index (χ3v) is 5.27. The summed E-state index contributed by atoms with van der Waals surface area (Å²) >= 11 is 0. The van der Waals surface area contributed by atoms with Crippen LogP contribution in [0, 0.1) is 5.92 Å². The van der Waals surface area contributed by atoms with Gasteiger partial charge in [0, 0.05) is 12.6 Å². The van der Waals surface area contributed by atoms with E-state index < -0.39 is 18.0 Å². The first-order valence-corrected chi connectivity index (χ1v) is 9.60. The van der Waals surface area contributed by atoms with E-state index in [0.29, 0.717) is 12.2 Å². The fourth-order valence-corrected chi connectivity index (χ4v) is 3.94. The molecule has 6 nitrogen and oxygen atoms in total. The summed E-state index contributed by atoms with van der Waals surface area (Å²) in [7, 11) is 0. The van der Waals surface area contributed by atoms with E-state index in [2.05, 4.69) is 17.0 Å². The number of amides is 1. The summed E-state index contributed by atoms with van der Waals surface area (Å²) in [5.74, 6) is -0.916. The van der Waals surface area contributed by atoms with Crippen LogP contribution in [-0.2, 0) is 17.8 Å². The number of aliphatic carboxylic acids is 1. The Kier molecular flexibility index (Phi) is 6.66. The summed E-state index contributed by atoms with van der Waals surface area (Å²) in [5, 5.41) is 9.93. The molecule has 1 aliphatic rings. The van der Waals surface area contributed by atoms with Gasteiger partial charge in [-0.25, -0.2) is 4.79 Å². The molecule has 0 spiro atoms. The zero-order chi connectivity index (χ0) is 19.9. The molecule has 1 saturated heterocycles. The lowest BCUT2D eigenvalue weighted by Crippen LogP contribution is -2.47. The number of ether oxygens (including phenoxy) is 1. The SMILES string of the molecule is NC(=O)Oc1ccc(C[C@H](C(=O)O)C2CCCCN2Cc2ccccc2)cc1. The number of carbonyl (C=O) groups is 2. The highest BCUT2D eigenvalue weighted by Crippen LogP contribution is 2.28. The second kappa shape index (κ2) is 9.37. The van der Waals surface area contributed by atoms with Gasteiger partial charge in [0.2, 0.25) is 0 Å². The highest BCUT2D eigenvalue weighted by atomic mass is 16.5. The van der Waals surface area contributed by atoms with Crippen molar-refractivity contribution in [3.05, 3.63) is 65.7 Å². The van der Waals surface area contributed by atoms with Gasteiger partial charge in [0.25, 0.3) is 0 Å². The Morgan fingerprint density at radius 3 is 2.43 bits per heavy atom. The highest BCUT2D eigenvalue weighted by Gasteiger charge is 2.34. The maximum Gasteiger partial charge on any atom is 0.409 e. The van der Waals surface area contributed by atoms with E-state index in [0.717, 1.165) is 37.9 Å². The smallest absolute Gasteiger partial charge is 0.409 e. The van der Waals surface area contributed by atoms with Crippen molar-refractivity contribution in [1.29, 1.82) is 0 Å². The molecule has 1 aliphatic heterocycles. The lowest BCUT2D eigenvalue weighted by Gasteiger charge is -2.39. The van der Waals surface area contributed by atoms with Gasteiger partial charge in [-0.05, 0) is 49.1 Å². The van der Waals surface area contributed by atoms with Crippen molar-refractivity contribution in [1.82, 2.24) is 4.90 Å². The van der Waals surface area contributed by atoms with Gasteiger partial charge in [-0.2, -0.15) is 0 Å². The molecule has 2 aromatic rings. The van der Waals surface area contributed by atoms with Crippen molar-refractivity contribution < 1.29 is 19.4 Å². The lowest BCUT2D eigenvalue weighted by atomic mass is 9.85. The number of benzene rings is 2. The minimum absolute atomic E-state index is 0.00648. The number of rotatable bonds is 7. The van der Waals surface area contributed by atoms with E-state index in [1.54, 1.807) is 24.3 Å². The van der Waals surface area contributed by atoms with Crippen LogP contribution >= 0.6 is 0 Å². The quantitative estimate of drug-likeness (QED) is 0.765. The van der Waals surface area contributed by atoms with E-state index in [1.807, 2.05) is 18.2 Å². The Morgan fingerprint density at radius 2 is 1.79 bits per heavy atom. The maximum atomic E-state index is 12.1. The molecule has 3 rings (SSSR count). The molecule has 148 valence electrons. The Labute approximate surface area is 164 Å². The van der Waals surface area contributed by atoms with E-state index in [1.165, 1.54) is 5.56 Å².